The zero-order chi connectivity index (χ0) is 16.7. The van der Waals surface area contributed by atoms with Gasteiger partial charge < -0.3 is 5.32 Å². The van der Waals surface area contributed by atoms with E-state index in [2.05, 4.69) is 16.3 Å². The average Bonchev–Trinajstić information content (AvgIpc) is 2.89. The van der Waals surface area contributed by atoms with Crippen molar-refractivity contribution in [3.63, 3.8) is 0 Å². The van der Waals surface area contributed by atoms with Crippen molar-refractivity contribution >= 4 is 15.7 Å². The van der Waals surface area contributed by atoms with Gasteiger partial charge >= 0.3 is 0 Å². The van der Waals surface area contributed by atoms with Gasteiger partial charge in [-0.05, 0) is 45.1 Å². The summed E-state index contributed by atoms with van der Waals surface area (Å²) in [6.07, 6.45) is 9.35. The maximum Gasteiger partial charge on any atom is 0.221 e. The number of carbonyl (C=O) groups is 1. The summed E-state index contributed by atoms with van der Waals surface area (Å²) < 4.78 is 23.2. The Hall–Kier alpha value is -0.880. The molecule has 5 nitrogen and oxygen atoms in total. The van der Waals surface area contributed by atoms with Crippen LogP contribution >= 0.6 is 0 Å². The lowest BCUT2D eigenvalue weighted by molar-refractivity contribution is -0.121. The van der Waals surface area contributed by atoms with Crippen LogP contribution in [0.25, 0.3) is 0 Å². The predicted octanol–water partition coefficient (Wildman–Crippen LogP) is 1.89. The molecule has 1 unspecified atom stereocenters. The van der Waals surface area contributed by atoms with E-state index in [1.807, 2.05) is 6.92 Å². The highest BCUT2D eigenvalue weighted by atomic mass is 32.2. The van der Waals surface area contributed by atoms with Crippen LogP contribution in [0.4, 0.5) is 0 Å². The van der Waals surface area contributed by atoms with Crippen molar-refractivity contribution in [2.75, 3.05) is 31.1 Å². The first-order valence-electron chi connectivity index (χ1n) is 8.89. The number of carbonyl (C=O) groups excluding carboxylic acids is 1. The summed E-state index contributed by atoms with van der Waals surface area (Å²) in [6, 6.07) is 0.0881. The molecule has 0 aromatic heterocycles. The molecular weight excluding hydrogens is 312 g/mol. The highest BCUT2D eigenvalue weighted by molar-refractivity contribution is 7.91. The Morgan fingerprint density at radius 2 is 2.22 bits per heavy atom. The molecule has 132 valence electrons. The fourth-order valence-corrected chi connectivity index (χ4v) is 5.25. The summed E-state index contributed by atoms with van der Waals surface area (Å²) in [5, 5.41) is 2.99. The zero-order valence-electron chi connectivity index (χ0n) is 14.2. The molecule has 1 heterocycles. The summed E-state index contributed by atoms with van der Waals surface area (Å²) >= 11 is 0. The minimum Gasteiger partial charge on any atom is -0.356 e. The lowest BCUT2D eigenvalue weighted by Crippen LogP contribution is -2.39. The van der Waals surface area contributed by atoms with Crippen molar-refractivity contribution < 1.29 is 13.2 Å². The van der Waals surface area contributed by atoms with Crippen LogP contribution < -0.4 is 5.32 Å². The highest BCUT2D eigenvalue weighted by Gasteiger charge is 2.31. The fourth-order valence-electron chi connectivity index (χ4n) is 3.49. The number of amides is 1. The summed E-state index contributed by atoms with van der Waals surface area (Å²) in [7, 11) is -2.86. The number of nitrogens with zero attached hydrogens (tertiary/aromatic N) is 1. The third-order valence-electron chi connectivity index (χ3n) is 4.91. The van der Waals surface area contributed by atoms with Crippen LogP contribution in [-0.4, -0.2) is 56.4 Å². The van der Waals surface area contributed by atoms with Gasteiger partial charge in [0.05, 0.1) is 11.5 Å². The Bertz CT molecular complexity index is 528. The van der Waals surface area contributed by atoms with Crippen molar-refractivity contribution in [2.45, 2.75) is 57.9 Å². The van der Waals surface area contributed by atoms with Gasteiger partial charge in [0.15, 0.2) is 9.84 Å². The zero-order valence-corrected chi connectivity index (χ0v) is 15.0. The highest BCUT2D eigenvalue weighted by Crippen LogP contribution is 2.19. The fraction of sp³-hybridized carbons (Fsp3) is 0.824. The molecule has 0 aromatic carbocycles. The molecule has 0 saturated carbocycles. The monoisotopic (exact) mass is 342 g/mol. The predicted molar refractivity (Wildman–Crippen MR) is 93.1 cm³/mol. The van der Waals surface area contributed by atoms with Crippen molar-refractivity contribution in [1.82, 2.24) is 10.2 Å². The Morgan fingerprint density at radius 3 is 2.83 bits per heavy atom. The van der Waals surface area contributed by atoms with Gasteiger partial charge in [0.2, 0.25) is 5.91 Å². The lowest BCUT2D eigenvalue weighted by atomic mass is 9.97. The van der Waals surface area contributed by atoms with Crippen molar-refractivity contribution in [3.05, 3.63) is 11.6 Å². The maximum atomic E-state index is 12.0. The number of hydrogen-bond acceptors (Lipinski definition) is 4. The Kier molecular flexibility index (Phi) is 7.09. The van der Waals surface area contributed by atoms with E-state index < -0.39 is 9.84 Å². The minimum atomic E-state index is -2.86. The average molecular weight is 343 g/mol. The third kappa shape index (κ3) is 6.26. The van der Waals surface area contributed by atoms with Crippen LogP contribution in [0.5, 0.6) is 0 Å². The maximum absolute atomic E-state index is 12.0. The Labute approximate surface area is 140 Å². The van der Waals surface area contributed by atoms with Gasteiger partial charge in [-0.15, -0.1) is 0 Å². The van der Waals surface area contributed by atoms with Gasteiger partial charge in [0.25, 0.3) is 0 Å². The van der Waals surface area contributed by atoms with Crippen LogP contribution in [0, 0.1) is 0 Å². The third-order valence-corrected chi connectivity index (χ3v) is 6.66. The molecule has 1 atom stereocenters. The van der Waals surface area contributed by atoms with Gasteiger partial charge in [-0.25, -0.2) is 8.42 Å². The molecule has 23 heavy (non-hydrogen) atoms. The first-order chi connectivity index (χ1) is 11.0. The molecule has 0 aromatic rings. The molecule has 2 rings (SSSR count). The number of nitrogens with one attached hydrogen (secondary N) is 1. The number of rotatable bonds is 8. The molecule has 0 radical (unpaired) electrons. The summed E-state index contributed by atoms with van der Waals surface area (Å²) in [5.41, 5.74) is 1.47. The Morgan fingerprint density at radius 1 is 1.39 bits per heavy atom. The van der Waals surface area contributed by atoms with Gasteiger partial charge in [-0.3, -0.25) is 9.69 Å². The molecule has 1 amide bonds. The summed E-state index contributed by atoms with van der Waals surface area (Å²) in [6.45, 7) is 4.18. The van der Waals surface area contributed by atoms with E-state index in [0.717, 1.165) is 13.0 Å². The van der Waals surface area contributed by atoms with Crippen LogP contribution in [-0.2, 0) is 14.6 Å². The second-order valence-corrected chi connectivity index (χ2v) is 8.87. The SMILES string of the molecule is CCN(CCC(=O)NCCC1=CCCCC1)C1CCS(=O)(=O)C1. The van der Waals surface area contributed by atoms with Gasteiger partial charge in [0.1, 0.15) is 0 Å². The van der Waals surface area contributed by atoms with Gasteiger partial charge in [-0.1, -0.05) is 18.6 Å². The van der Waals surface area contributed by atoms with Crippen molar-refractivity contribution in [2.24, 2.45) is 0 Å². The molecule has 0 spiro atoms. The Balaban J connectivity index is 1.65. The summed E-state index contributed by atoms with van der Waals surface area (Å²) in [5.74, 6) is 0.604. The largest absolute Gasteiger partial charge is 0.356 e. The molecule has 1 aliphatic carbocycles. The molecule has 2 aliphatic rings. The second-order valence-electron chi connectivity index (χ2n) is 6.64. The van der Waals surface area contributed by atoms with Gasteiger partial charge in [-0.2, -0.15) is 0 Å². The topological polar surface area (TPSA) is 66.5 Å². The molecule has 1 N–H and O–H groups in total. The molecule has 1 fully saturated rings. The standard InChI is InChI=1S/C17H30N2O3S/c1-2-19(16-10-13-23(21,22)14-16)12-9-17(20)18-11-8-15-6-4-3-5-7-15/h6,16H,2-5,7-14H2,1H3,(H,18,20). The van der Waals surface area contributed by atoms with Gasteiger partial charge in [0, 0.05) is 25.6 Å². The van der Waals surface area contributed by atoms with E-state index in [0.29, 0.717) is 25.9 Å². The minimum absolute atomic E-state index is 0.0701. The number of sulfone groups is 1. The van der Waals surface area contributed by atoms with Crippen molar-refractivity contribution in [3.8, 4) is 0 Å². The molecule has 6 heteroatoms. The quantitative estimate of drug-likeness (QED) is 0.684. The van der Waals surface area contributed by atoms with Crippen LogP contribution in [0.2, 0.25) is 0 Å². The van der Waals surface area contributed by atoms with Crippen LogP contribution in [0.15, 0.2) is 11.6 Å². The smallest absolute Gasteiger partial charge is 0.221 e. The van der Waals surface area contributed by atoms with E-state index in [4.69, 9.17) is 0 Å². The molecule has 0 bridgehead atoms. The second kappa shape index (κ2) is 8.83. The normalized spacial score (nSPS) is 23.7. The lowest BCUT2D eigenvalue weighted by Gasteiger charge is -2.26. The first kappa shape index (κ1) is 18.5. The first-order valence-corrected chi connectivity index (χ1v) is 10.7. The molecule has 1 aliphatic heterocycles. The molecular formula is C17H30N2O3S. The van der Waals surface area contributed by atoms with E-state index in [1.54, 1.807) is 0 Å². The molecule has 1 saturated heterocycles. The number of hydrogen-bond donors (Lipinski definition) is 1. The number of allylic oxidation sites excluding steroid dienone is 1. The van der Waals surface area contributed by atoms with Crippen molar-refractivity contribution in [1.29, 1.82) is 0 Å². The van der Waals surface area contributed by atoms with E-state index >= 15 is 0 Å². The summed E-state index contributed by atoms with van der Waals surface area (Å²) in [4.78, 5) is 14.1. The van der Waals surface area contributed by atoms with E-state index in [9.17, 15) is 13.2 Å². The van der Waals surface area contributed by atoms with E-state index in [1.165, 1.54) is 31.3 Å². The van der Waals surface area contributed by atoms with Crippen LogP contribution in [0.1, 0.15) is 51.9 Å². The van der Waals surface area contributed by atoms with Crippen LogP contribution in [0.3, 0.4) is 0 Å². The van der Waals surface area contributed by atoms with E-state index in [-0.39, 0.29) is 23.5 Å².